The molecule has 5 heteroatoms. The number of thiocarbonyl (C=S) groups is 1. The zero-order chi connectivity index (χ0) is 19.1. The first kappa shape index (κ1) is 20.2. The van der Waals surface area contributed by atoms with E-state index in [1.165, 1.54) is 49.0 Å². The number of nitrogens with zero attached hydrogens (tertiary/aromatic N) is 1. The fourth-order valence-corrected chi connectivity index (χ4v) is 4.79. The average molecular weight is 403 g/mol. The summed E-state index contributed by atoms with van der Waals surface area (Å²) in [6, 6.07) is 13.3. The van der Waals surface area contributed by atoms with E-state index < -0.39 is 0 Å². The lowest BCUT2D eigenvalue weighted by Crippen LogP contribution is -2.45. The highest BCUT2D eigenvalue weighted by Gasteiger charge is 2.22. The number of ether oxygens (including phenoxy) is 1. The van der Waals surface area contributed by atoms with Crippen LogP contribution >= 0.6 is 23.6 Å². The number of nitrogens with one attached hydrogen (secondary N) is 1. The van der Waals surface area contributed by atoms with Crippen LogP contribution in [-0.2, 0) is 6.54 Å². The van der Waals surface area contributed by atoms with E-state index in [-0.39, 0.29) is 6.04 Å². The number of rotatable bonds is 6. The highest BCUT2D eigenvalue weighted by molar-refractivity contribution is 7.80. The van der Waals surface area contributed by atoms with Gasteiger partial charge in [-0.25, -0.2) is 0 Å². The Morgan fingerprint density at radius 2 is 1.89 bits per heavy atom. The predicted molar refractivity (Wildman–Crippen MR) is 118 cm³/mol. The lowest BCUT2D eigenvalue weighted by atomic mass is 10.1. The summed E-state index contributed by atoms with van der Waals surface area (Å²) in [7, 11) is 1.70. The Balaban J connectivity index is 1.75. The van der Waals surface area contributed by atoms with Gasteiger partial charge in [0.05, 0.1) is 19.7 Å². The zero-order valence-corrected chi connectivity index (χ0v) is 18.0. The van der Waals surface area contributed by atoms with Gasteiger partial charge in [-0.3, -0.25) is 0 Å². The molecule has 1 atom stereocenters. The summed E-state index contributed by atoms with van der Waals surface area (Å²) < 4.78 is 5.30. The van der Waals surface area contributed by atoms with E-state index in [1.54, 1.807) is 18.4 Å². The summed E-state index contributed by atoms with van der Waals surface area (Å²) >= 11 is 7.68. The molecule has 0 saturated heterocycles. The Bertz CT molecular complexity index is 692. The number of methoxy groups -OCH3 is 1. The molecule has 3 rings (SSSR count). The van der Waals surface area contributed by atoms with Crippen LogP contribution in [0.25, 0.3) is 0 Å². The molecular formula is C22H30N2OS2. The molecule has 146 valence electrons. The third kappa shape index (κ3) is 5.69. The summed E-state index contributed by atoms with van der Waals surface area (Å²) in [5, 5.41) is 6.69. The minimum Gasteiger partial charge on any atom is -0.497 e. The van der Waals surface area contributed by atoms with Gasteiger partial charge in [-0.2, -0.15) is 0 Å². The van der Waals surface area contributed by atoms with Crippen molar-refractivity contribution in [3.8, 4) is 5.75 Å². The first-order valence-electron chi connectivity index (χ1n) is 9.91. The van der Waals surface area contributed by atoms with E-state index >= 15 is 0 Å². The van der Waals surface area contributed by atoms with Gasteiger partial charge in [-0.15, -0.1) is 11.3 Å². The highest BCUT2D eigenvalue weighted by atomic mass is 32.1. The Morgan fingerprint density at radius 3 is 2.48 bits per heavy atom. The SMILES string of the molecule is COc1ccc(C(C)N(Cc2cccs2)C(=S)NC2CCCCCC2)cc1. The van der Waals surface area contributed by atoms with Crippen LogP contribution in [0.3, 0.4) is 0 Å². The molecule has 1 fully saturated rings. The van der Waals surface area contributed by atoms with Crippen molar-refractivity contribution in [1.82, 2.24) is 10.2 Å². The molecule has 0 bridgehead atoms. The normalized spacial score (nSPS) is 16.4. The van der Waals surface area contributed by atoms with Gasteiger partial charge in [0, 0.05) is 10.9 Å². The second-order valence-corrected chi connectivity index (χ2v) is 8.71. The van der Waals surface area contributed by atoms with Crippen LogP contribution in [0.5, 0.6) is 5.75 Å². The number of benzene rings is 1. The van der Waals surface area contributed by atoms with Gasteiger partial charge in [0.25, 0.3) is 0 Å². The molecule has 0 radical (unpaired) electrons. The van der Waals surface area contributed by atoms with Crippen molar-refractivity contribution in [3.63, 3.8) is 0 Å². The molecule has 2 aromatic rings. The molecule has 1 saturated carbocycles. The standard InChI is InChI=1S/C22H30N2OS2/c1-17(18-11-13-20(25-2)14-12-18)24(16-21-10-7-15-27-21)22(26)23-19-8-5-3-4-6-9-19/h7,10-15,17,19H,3-6,8-9,16H2,1-2H3,(H,23,26). The van der Waals surface area contributed by atoms with Gasteiger partial charge < -0.3 is 15.0 Å². The largest absolute Gasteiger partial charge is 0.497 e. The van der Waals surface area contributed by atoms with E-state index in [1.807, 2.05) is 12.1 Å². The topological polar surface area (TPSA) is 24.5 Å². The van der Waals surface area contributed by atoms with Gasteiger partial charge in [-0.05, 0) is 61.1 Å². The highest BCUT2D eigenvalue weighted by Crippen LogP contribution is 2.26. The Hall–Kier alpha value is -1.59. The third-order valence-corrected chi connectivity index (χ3v) is 6.63. The van der Waals surface area contributed by atoms with Crippen LogP contribution in [0.4, 0.5) is 0 Å². The maximum Gasteiger partial charge on any atom is 0.169 e. The van der Waals surface area contributed by atoms with E-state index in [0.717, 1.165) is 17.4 Å². The molecule has 1 aromatic heterocycles. The Labute approximate surface area is 172 Å². The Morgan fingerprint density at radius 1 is 1.19 bits per heavy atom. The minimum absolute atomic E-state index is 0.198. The van der Waals surface area contributed by atoms with Crippen molar-refractivity contribution >= 4 is 28.7 Å². The number of hydrogen-bond acceptors (Lipinski definition) is 3. The number of thiophene rings is 1. The van der Waals surface area contributed by atoms with E-state index in [2.05, 4.69) is 46.8 Å². The van der Waals surface area contributed by atoms with Gasteiger partial charge in [0.2, 0.25) is 0 Å². The molecule has 1 unspecified atom stereocenters. The predicted octanol–water partition coefficient (Wildman–Crippen LogP) is 5.92. The third-order valence-electron chi connectivity index (χ3n) is 5.42. The molecular weight excluding hydrogens is 372 g/mol. The lowest BCUT2D eigenvalue weighted by molar-refractivity contribution is 0.319. The first-order chi connectivity index (χ1) is 13.2. The monoisotopic (exact) mass is 402 g/mol. The summed E-state index contributed by atoms with van der Waals surface area (Å²) in [6.07, 6.45) is 7.77. The van der Waals surface area contributed by atoms with Crippen molar-refractivity contribution in [2.45, 2.75) is 64.1 Å². The van der Waals surface area contributed by atoms with Crippen LogP contribution in [0.2, 0.25) is 0 Å². The maximum atomic E-state index is 5.89. The van der Waals surface area contributed by atoms with E-state index in [9.17, 15) is 0 Å². The lowest BCUT2D eigenvalue weighted by Gasteiger charge is -2.34. The van der Waals surface area contributed by atoms with Gasteiger partial charge in [-0.1, -0.05) is 43.9 Å². The average Bonchev–Trinajstić information content (AvgIpc) is 3.08. The van der Waals surface area contributed by atoms with E-state index in [0.29, 0.717) is 6.04 Å². The van der Waals surface area contributed by atoms with Gasteiger partial charge in [0.15, 0.2) is 5.11 Å². The minimum atomic E-state index is 0.198. The summed E-state index contributed by atoms with van der Waals surface area (Å²) in [5.41, 5.74) is 1.25. The molecule has 1 aromatic carbocycles. The second-order valence-electron chi connectivity index (χ2n) is 7.29. The molecule has 0 aliphatic heterocycles. The van der Waals surface area contributed by atoms with Crippen LogP contribution in [0.15, 0.2) is 41.8 Å². The zero-order valence-electron chi connectivity index (χ0n) is 16.3. The van der Waals surface area contributed by atoms with Crippen LogP contribution in [0.1, 0.15) is 61.9 Å². The fraction of sp³-hybridized carbons (Fsp3) is 0.500. The van der Waals surface area contributed by atoms with Crippen molar-refractivity contribution < 1.29 is 4.74 Å². The molecule has 0 spiro atoms. The molecule has 27 heavy (non-hydrogen) atoms. The molecule has 3 nitrogen and oxygen atoms in total. The van der Waals surface area contributed by atoms with Crippen molar-refractivity contribution in [2.24, 2.45) is 0 Å². The molecule has 1 heterocycles. The van der Waals surface area contributed by atoms with Gasteiger partial charge >= 0.3 is 0 Å². The first-order valence-corrected chi connectivity index (χ1v) is 11.2. The maximum absolute atomic E-state index is 5.89. The molecule has 1 aliphatic rings. The van der Waals surface area contributed by atoms with E-state index in [4.69, 9.17) is 17.0 Å². The molecule has 0 amide bonds. The second kappa shape index (κ2) is 10.1. The molecule has 1 aliphatic carbocycles. The smallest absolute Gasteiger partial charge is 0.169 e. The quantitative estimate of drug-likeness (QED) is 0.479. The van der Waals surface area contributed by atoms with Crippen molar-refractivity contribution in [1.29, 1.82) is 0 Å². The van der Waals surface area contributed by atoms with Crippen LogP contribution in [0, 0.1) is 0 Å². The molecule has 1 N–H and O–H groups in total. The van der Waals surface area contributed by atoms with Gasteiger partial charge in [0.1, 0.15) is 5.75 Å². The fourth-order valence-electron chi connectivity index (χ4n) is 3.70. The number of hydrogen-bond donors (Lipinski definition) is 1. The van der Waals surface area contributed by atoms with Crippen LogP contribution in [-0.4, -0.2) is 23.2 Å². The van der Waals surface area contributed by atoms with Crippen LogP contribution < -0.4 is 10.1 Å². The summed E-state index contributed by atoms with van der Waals surface area (Å²) in [6.45, 7) is 3.07. The summed E-state index contributed by atoms with van der Waals surface area (Å²) in [4.78, 5) is 3.66. The van der Waals surface area contributed by atoms with Crippen molar-refractivity contribution in [2.75, 3.05) is 7.11 Å². The summed E-state index contributed by atoms with van der Waals surface area (Å²) in [5.74, 6) is 0.884. The Kier molecular flexibility index (Phi) is 7.53. The van der Waals surface area contributed by atoms with Crippen molar-refractivity contribution in [3.05, 3.63) is 52.2 Å².